The van der Waals surface area contributed by atoms with Gasteiger partial charge in [-0.05, 0) is 13.3 Å². The molecular weight excluding hydrogens is 216 g/mol. The van der Waals surface area contributed by atoms with Crippen LogP contribution >= 0.6 is 0 Å². The van der Waals surface area contributed by atoms with Crippen LogP contribution < -0.4 is 10.6 Å². The molecule has 0 aromatic carbocycles. The Balaban J connectivity index is 4.28. The number of hydrogen-bond donors (Lipinski definition) is 2. The summed E-state index contributed by atoms with van der Waals surface area (Å²) in [6, 6.07) is 0. The van der Waals surface area contributed by atoms with E-state index in [0.29, 0.717) is 12.5 Å². The molecule has 0 radical (unpaired) electrons. The van der Waals surface area contributed by atoms with Crippen molar-refractivity contribution < 1.29 is 4.79 Å². The predicted octanol–water partition coefficient (Wildman–Crippen LogP) is 0.596. The number of nitrogens with zero attached hydrogens (tertiary/aromatic N) is 2. The number of nitrogens with one attached hydrogen (secondary N) is 2. The third kappa shape index (κ3) is 8.30. The lowest BCUT2D eigenvalue weighted by atomic mass is 10.3. The Morgan fingerprint density at radius 2 is 2.00 bits per heavy atom. The van der Waals surface area contributed by atoms with Crippen molar-refractivity contribution in [3.63, 3.8) is 0 Å². The van der Waals surface area contributed by atoms with Crippen LogP contribution in [0.25, 0.3) is 0 Å². The summed E-state index contributed by atoms with van der Waals surface area (Å²) in [5.41, 5.74) is 1.02. The summed E-state index contributed by atoms with van der Waals surface area (Å²) >= 11 is 0. The standard InChI is InChI=1S/C12H24N4O/c1-6-7-13-12(14-8-10(2)3)15-9-11(17)16(4)5/h2,6-9H2,1,3-5H3,(H2,13,14,15). The van der Waals surface area contributed by atoms with Gasteiger partial charge in [-0.1, -0.05) is 19.1 Å². The minimum atomic E-state index is -0.0158. The number of guanidine groups is 1. The van der Waals surface area contributed by atoms with Crippen LogP contribution in [-0.2, 0) is 4.79 Å². The van der Waals surface area contributed by atoms with E-state index in [-0.39, 0.29) is 12.5 Å². The molecule has 0 saturated carbocycles. The molecule has 0 aromatic heterocycles. The van der Waals surface area contributed by atoms with Gasteiger partial charge in [0.2, 0.25) is 5.91 Å². The Morgan fingerprint density at radius 3 is 2.47 bits per heavy atom. The Hall–Kier alpha value is -1.52. The van der Waals surface area contributed by atoms with Gasteiger partial charge in [0.25, 0.3) is 0 Å². The highest BCUT2D eigenvalue weighted by Crippen LogP contribution is 1.85. The zero-order valence-corrected chi connectivity index (χ0v) is 11.3. The SMILES string of the molecule is C=C(C)CNC(=NCC(=O)N(C)C)NCCC. The van der Waals surface area contributed by atoms with Crippen LogP contribution in [0.1, 0.15) is 20.3 Å². The number of aliphatic imine (C=N–C) groups is 1. The van der Waals surface area contributed by atoms with E-state index in [4.69, 9.17) is 0 Å². The third-order valence-electron chi connectivity index (χ3n) is 1.97. The van der Waals surface area contributed by atoms with Crippen molar-refractivity contribution in [3.05, 3.63) is 12.2 Å². The number of rotatable bonds is 6. The number of hydrogen-bond acceptors (Lipinski definition) is 2. The summed E-state index contributed by atoms with van der Waals surface area (Å²) in [6.45, 7) is 9.47. The molecule has 0 aliphatic heterocycles. The molecule has 1 amide bonds. The van der Waals surface area contributed by atoms with Gasteiger partial charge in [-0.15, -0.1) is 0 Å². The van der Waals surface area contributed by atoms with Crippen LogP contribution in [-0.4, -0.2) is 50.5 Å². The van der Waals surface area contributed by atoms with Gasteiger partial charge >= 0.3 is 0 Å². The van der Waals surface area contributed by atoms with Crippen LogP contribution in [0.4, 0.5) is 0 Å². The van der Waals surface area contributed by atoms with E-state index in [1.807, 2.05) is 6.92 Å². The first-order chi connectivity index (χ1) is 7.97. The largest absolute Gasteiger partial charge is 0.356 e. The molecule has 0 aromatic rings. The Bertz CT molecular complexity index is 284. The quantitative estimate of drug-likeness (QED) is 0.406. The van der Waals surface area contributed by atoms with Crippen molar-refractivity contribution in [2.75, 3.05) is 33.7 Å². The Morgan fingerprint density at radius 1 is 1.35 bits per heavy atom. The van der Waals surface area contributed by atoms with Gasteiger partial charge in [0.15, 0.2) is 5.96 Å². The summed E-state index contributed by atoms with van der Waals surface area (Å²) in [5.74, 6) is 0.642. The summed E-state index contributed by atoms with van der Waals surface area (Å²) in [6.07, 6.45) is 1.01. The molecule has 0 rings (SSSR count). The highest BCUT2D eigenvalue weighted by atomic mass is 16.2. The van der Waals surface area contributed by atoms with Gasteiger partial charge in [0.1, 0.15) is 6.54 Å². The molecule has 0 aliphatic carbocycles. The fourth-order valence-electron chi connectivity index (χ4n) is 0.940. The fourth-order valence-corrected chi connectivity index (χ4v) is 0.940. The van der Waals surface area contributed by atoms with Gasteiger partial charge in [-0.2, -0.15) is 0 Å². The van der Waals surface area contributed by atoms with Crippen LogP contribution in [0, 0.1) is 0 Å². The Kier molecular flexibility index (Phi) is 7.84. The zero-order valence-electron chi connectivity index (χ0n) is 11.3. The topological polar surface area (TPSA) is 56.7 Å². The molecule has 98 valence electrons. The number of amides is 1. The summed E-state index contributed by atoms with van der Waals surface area (Å²) in [4.78, 5) is 17.1. The lowest BCUT2D eigenvalue weighted by Crippen LogP contribution is -2.39. The second kappa shape index (κ2) is 8.61. The highest BCUT2D eigenvalue weighted by Gasteiger charge is 2.03. The van der Waals surface area contributed by atoms with Crippen LogP contribution in [0.5, 0.6) is 0 Å². The van der Waals surface area contributed by atoms with Crippen LogP contribution in [0.15, 0.2) is 17.1 Å². The van der Waals surface area contributed by atoms with Crippen molar-refractivity contribution in [2.24, 2.45) is 4.99 Å². The average molecular weight is 240 g/mol. The van der Waals surface area contributed by atoms with Crippen molar-refractivity contribution in [1.29, 1.82) is 0 Å². The third-order valence-corrected chi connectivity index (χ3v) is 1.97. The van der Waals surface area contributed by atoms with E-state index in [2.05, 4.69) is 29.1 Å². The maximum atomic E-state index is 11.4. The van der Waals surface area contributed by atoms with Crippen LogP contribution in [0.3, 0.4) is 0 Å². The van der Waals surface area contributed by atoms with Crippen LogP contribution in [0.2, 0.25) is 0 Å². The van der Waals surface area contributed by atoms with Gasteiger partial charge < -0.3 is 15.5 Å². The molecule has 0 saturated heterocycles. The van der Waals surface area contributed by atoms with Gasteiger partial charge in [-0.25, -0.2) is 4.99 Å². The first-order valence-corrected chi connectivity index (χ1v) is 5.84. The van der Waals surface area contributed by atoms with Gasteiger partial charge in [0, 0.05) is 27.2 Å². The lowest BCUT2D eigenvalue weighted by molar-refractivity contribution is -0.127. The summed E-state index contributed by atoms with van der Waals surface area (Å²) < 4.78 is 0. The van der Waals surface area contributed by atoms with E-state index in [1.165, 1.54) is 4.90 Å². The predicted molar refractivity (Wildman–Crippen MR) is 72.1 cm³/mol. The van der Waals surface area contributed by atoms with Gasteiger partial charge in [-0.3, -0.25) is 4.79 Å². The van der Waals surface area contributed by atoms with Crippen molar-refractivity contribution in [1.82, 2.24) is 15.5 Å². The summed E-state index contributed by atoms with van der Waals surface area (Å²) in [5, 5.41) is 6.26. The number of carbonyl (C=O) groups is 1. The first-order valence-electron chi connectivity index (χ1n) is 5.84. The minimum Gasteiger partial charge on any atom is -0.356 e. The highest BCUT2D eigenvalue weighted by molar-refractivity contribution is 5.84. The molecule has 5 heteroatoms. The van der Waals surface area contributed by atoms with Crippen molar-refractivity contribution in [2.45, 2.75) is 20.3 Å². The lowest BCUT2D eigenvalue weighted by Gasteiger charge is -2.13. The number of carbonyl (C=O) groups excluding carboxylic acids is 1. The fraction of sp³-hybridized carbons (Fsp3) is 0.667. The maximum absolute atomic E-state index is 11.4. The second-order valence-electron chi connectivity index (χ2n) is 4.19. The molecule has 5 nitrogen and oxygen atoms in total. The van der Waals surface area contributed by atoms with E-state index in [1.54, 1.807) is 14.1 Å². The minimum absolute atomic E-state index is 0.0158. The summed E-state index contributed by atoms with van der Waals surface area (Å²) in [7, 11) is 3.44. The van der Waals surface area contributed by atoms with Gasteiger partial charge in [0.05, 0.1) is 0 Å². The molecule has 0 fully saturated rings. The molecule has 17 heavy (non-hydrogen) atoms. The second-order valence-corrected chi connectivity index (χ2v) is 4.19. The number of likely N-dealkylation sites (N-methyl/N-ethyl adjacent to an activating group) is 1. The molecule has 2 N–H and O–H groups in total. The van der Waals surface area contributed by atoms with E-state index >= 15 is 0 Å². The smallest absolute Gasteiger partial charge is 0.243 e. The Labute approximate surface area is 104 Å². The van der Waals surface area contributed by atoms with E-state index in [0.717, 1.165) is 18.5 Å². The molecular formula is C12H24N4O. The molecule has 0 aliphatic rings. The van der Waals surface area contributed by atoms with Crippen molar-refractivity contribution >= 4 is 11.9 Å². The molecule has 0 unspecified atom stereocenters. The normalized spacial score (nSPS) is 10.9. The van der Waals surface area contributed by atoms with E-state index < -0.39 is 0 Å². The molecule has 0 atom stereocenters. The molecule has 0 bridgehead atoms. The van der Waals surface area contributed by atoms with Crippen molar-refractivity contribution in [3.8, 4) is 0 Å². The maximum Gasteiger partial charge on any atom is 0.243 e. The zero-order chi connectivity index (χ0) is 13.3. The first kappa shape index (κ1) is 15.5. The molecule has 0 spiro atoms. The van der Waals surface area contributed by atoms with E-state index in [9.17, 15) is 4.79 Å². The average Bonchev–Trinajstić information content (AvgIpc) is 2.27. The monoisotopic (exact) mass is 240 g/mol. The molecule has 0 heterocycles.